The first-order chi connectivity index (χ1) is 12.6. The molecule has 0 radical (unpaired) electrons. The molecule has 2 aliphatic rings. The zero-order valence-electron chi connectivity index (χ0n) is 15.5. The third-order valence-corrected chi connectivity index (χ3v) is 5.84. The number of nitrogens with zero attached hydrogens (tertiary/aromatic N) is 5. The van der Waals surface area contributed by atoms with Gasteiger partial charge in [-0.05, 0) is 51.6 Å². The van der Waals surface area contributed by atoms with Gasteiger partial charge in [-0.3, -0.25) is 9.78 Å². The van der Waals surface area contributed by atoms with Crippen molar-refractivity contribution < 1.29 is 4.79 Å². The minimum absolute atomic E-state index is 0.0384. The van der Waals surface area contributed by atoms with Crippen molar-refractivity contribution in [2.75, 3.05) is 13.1 Å². The highest BCUT2D eigenvalue weighted by molar-refractivity contribution is 5.92. The summed E-state index contributed by atoms with van der Waals surface area (Å²) in [4.78, 5) is 28.3. The average Bonchev–Trinajstić information content (AvgIpc) is 3.14. The summed E-state index contributed by atoms with van der Waals surface area (Å²) in [6.45, 7) is 7.41. The molecule has 1 saturated carbocycles. The largest absolute Gasteiger partial charge is 0.334 e. The lowest BCUT2D eigenvalue weighted by molar-refractivity contribution is 0.0678. The number of piperidine rings is 1. The smallest absolute Gasteiger partial charge is 0.274 e. The molecule has 7 nitrogen and oxygen atoms in total. The van der Waals surface area contributed by atoms with Crippen molar-refractivity contribution in [2.24, 2.45) is 5.41 Å². The van der Waals surface area contributed by atoms with Gasteiger partial charge >= 0.3 is 0 Å². The van der Waals surface area contributed by atoms with Crippen LogP contribution in [0.3, 0.4) is 0 Å². The Morgan fingerprint density at radius 2 is 2.12 bits per heavy atom. The molecular weight excluding hydrogens is 328 g/mol. The van der Waals surface area contributed by atoms with Gasteiger partial charge in [0.1, 0.15) is 11.5 Å². The highest BCUT2D eigenvalue weighted by Crippen LogP contribution is 2.56. The summed E-state index contributed by atoms with van der Waals surface area (Å²) in [6.07, 6.45) is 10.4. The number of amides is 1. The predicted octanol–water partition coefficient (Wildman–Crippen LogP) is 1.79. The first-order valence-electron chi connectivity index (χ1n) is 9.43. The zero-order valence-corrected chi connectivity index (χ0v) is 15.5. The Morgan fingerprint density at radius 3 is 2.81 bits per heavy atom. The van der Waals surface area contributed by atoms with E-state index in [9.17, 15) is 4.79 Å². The number of rotatable bonds is 5. The maximum Gasteiger partial charge on any atom is 0.274 e. The van der Waals surface area contributed by atoms with E-state index in [-0.39, 0.29) is 17.4 Å². The molecule has 26 heavy (non-hydrogen) atoms. The van der Waals surface area contributed by atoms with E-state index in [0.29, 0.717) is 12.2 Å². The van der Waals surface area contributed by atoms with E-state index in [0.717, 1.165) is 50.4 Å². The molecule has 1 amide bonds. The summed E-state index contributed by atoms with van der Waals surface area (Å²) < 4.78 is 2.10. The van der Waals surface area contributed by atoms with Gasteiger partial charge in [0.15, 0.2) is 0 Å². The first-order valence-corrected chi connectivity index (χ1v) is 9.43. The quantitative estimate of drug-likeness (QED) is 0.886. The maximum atomic E-state index is 13.3. The molecule has 138 valence electrons. The van der Waals surface area contributed by atoms with Crippen LogP contribution in [0.4, 0.5) is 0 Å². The lowest BCUT2D eigenvalue weighted by Crippen LogP contribution is -2.40. The molecule has 1 aliphatic heterocycles. The van der Waals surface area contributed by atoms with Crippen molar-refractivity contribution in [3.8, 4) is 0 Å². The minimum atomic E-state index is -0.0384. The Labute approximate surface area is 153 Å². The van der Waals surface area contributed by atoms with Gasteiger partial charge in [-0.1, -0.05) is 0 Å². The van der Waals surface area contributed by atoms with E-state index < -0.39 is 0 Å². The zero-order chi connectivity index (χ0) is 18.1. The van der Waals surface area contributed by atoms with Crippen LogP contribution in [0, 0.1) is 12.3 Å². The van der Waals surface area contributed by atoms with Crippen LogP contribution in [0.5, 0.6) is 0 Å². The Bertz CT molecular complexity index is 778. The fourth-order valence-corrected chi connectivity index (χ4v) is 4.13. The predicted molar refractivity (Wildman–Crippen MR) is 97.5 cm³/mol. The number of carbonyl (C=O) groups excluding carboxylic acids is 1. The van der Waals surface area contributed by atoms with Gasteiger partial charge < -0.3 is 14.8 Å². The van der Waals surface area contributed by atoms with Crippen LogP contribution >= 0.6 is 0 Å². The van der Waals surface area contributed by atoms with Crippen molar-refractivity contribution in [1.29, 1.82) is 0 Å². The number of carbonyl (C=O) groups is 1. The molecule has 1 spiro atoms. The minimum Gasteiger partial charge on any atom is -0.334 e. The molecule has 7 heteroatoms. The molecule has 2 fully saturated rings. The Kier molecular flexibility index (Phi) is 4.48. The molecule has 4 rings (SSSR count). The Hall–Kier alpha value is -2.28. The SMILES string of the molecule is CCn1ccnc1CN(C(=O)c1cnc(C)cn1)[C@H]1CC12CCNCC2. The number of hydrogen-bond acceptors (Lipinski definition) is 5. The standard InChI is InChI=1S/C19H26N6O/c1-3-24-9-8-21-17(24)13-25(16-10-19(16)4-6-20-7-5-19)18(26)15-12-22-14(2)11-23-15/h8-9,11-12,16,20H,3-7,10,13H2,1-2H3/t16-/m0/s1. The maximum absolute atomic E-state index is 13.3. The van der Waals surface area contributed by atoms with Gasteiger partial charge in [0, 0.05) is 31.2 Å². The fourth-order valence-electron chi connectivity index (χ4n) is 4.13. The van der Waals surface area contributed by atoms with Crippen molar-refractivity contribution in [2.45, 2.75) is 52.2 Å². The monoisotopic (exact) mass is 354 g/mol. The highest BCUT2D eigenvalue weighted by atomic mass is 16.2. The van der Waals surface area contributed by atoms with Crippen molar-refractivity contribution in [3.05, 3.63) is 42.0 Å². The van der Waals surface area contributed by atoms with Gasteiger partial charge in [-0.15, -0.1) is 0 Å². The van der Waals surface area contributed by atoms with Crippen LogP contribution in [0.25, 0.3) is 0 Å². The summed E-state index contributed by atoms with van der Waals surface area (Å²) in [7, 11) is 0. The third-order valence-electron chi connectivity index (χ3n) is 5.84. The number of imidazole rings is 1. The summed E-state index contributed by atoms with van der Waals surface area (Å²) in [5, 5.41) is 3.43. The van der Waals surface area contributed by atoms with E-state index in [2.05, 4.69) is 31.8 Å². The molecule has 0 unspecified atom stereocenters. The number of hydrogen-bond donors (Lipinski definition) is 1. The van der Waals surface area contributed by atoms with E-state index in [1.807, 2.05) is 18.0 Å². The van der Waals surface area contributed by atoms with E-state index in [1.54, 1.807) is 18.6 Å². The molecule has 1 saturated heterocycles. The fraction of sp³-hybridized carbons (Fsp3) is 0.579. The molecular formula is C19H26N6O. The number of aromatic nitrogens is 4. The summed E-state index contributed by atoms with van der Waals surface area (Å²) in [5.41, 5.74) is 1.50. The Balaban J connectivity index is 1.61. The second-order valence-electron chi connectivity index (χ2n) is 7.44. The molecule has 1 N–H and O–H groups in total. The lowest BCUT2D eigenvalue weighted by atomic mass is 9.93. The number of aryl methyl sites for hydroxylation is 2. The molecule has 0 bridgehead atoms. The average molecular weight is 354 g/mol. The van der Waals surface area contributed by atoms with Crippen molar-refractivity contribution >= 4 is 5.91 Å². The van der Waals surface area contributed by atoms with Crippen LogP contribution < -0.4 is 5.32 Å². The summed E-state index contributed by atoms with van der Waals surface area (Å²) in [6, 6.07) is 0.266. The van der Waals surface area contributed by atoms with Gasteiger partial charge in [0.05, 0.1) is 18.4 Å². The normalized spacial score (nSPS) is 20.9. The van der Waals surface area contributed by atoms with Crippen LogP contribution in [0.15, 0.2) is 24.8 Å². The summed E-state index contributed by atoms with van der Waals surface area (Å²) >= 11 is 0. The molecule has 2 aromatic rings. The van der Waals surface area contributed by atoms with Gasteiger partial charge in [0.2, 0.25) is 0 Å². The highest BCUT2D eigenvalue weighted by Gasteiger charge is 2.58. The Morgan fingerprint density at radius 1 is 1.31 bits per heavy atom. The molecule has 3 heterocycles. The topological polar surface area (TPSA) is 75.9 Å². The van der Waals surface area contributed by atoms with Gasteiger partial charge in [-0.25, -0.2) is 9.97 Å². The third kappa shape index (κ3) is 3.11. The summed E-state index contributed by atoms with van der Waals surface area (Å²) in [5.74, 6) is 0.889. The van der Waals surface area contributed by atoms with Crippen LogP contribution in [-0.4, -0.2) is 49.5 Å². The molecule has 1 atom stereocenters. The molecule has 2 aromatic heterocycles. The van der Waals surface area contributed by atoms with E-state index in [1.165, 1.54) is 0 Å². The van der Waals surface area contributed by atoms with Crippen molar-refractivity contribution in [3.63, 3.8) is 0 Å². The number of nitrogens with one attached hydrogen (secondary N) is 1. The van der Waals surface area contributed by atoms with Crippen LogP contribution in [0.1, 0.15) is 48.2 Å². The molecule has 0 aromatic carbocycles. The van der Waals surface area contributed by atoms with Crippen molar-refractivity contribution in [1.82, 2.24) is 29.7 Å². The second kappa shape index (κ2) is 6.79. The van der Waals surface area contributed by atoms with E-state index >= 15 is 0 Å². The lowest BCUT2D eigenvalue weighted by Gasteiger charge is -2.29. The van der Waals surface area contributed by atoms with Crippen LogP contribution in [0.2, 0.25) is 0 Å². The first kappa shape index (κ1) is 17.1. The van der Waals surface area contributed by atoms with Gasteiger partial charge in [-0.2, -0.15) is 0 Å². The van der Waals surface area contributed by atoms with Gasteiger partial charge in [0.25, 0.3) is 5.91 Å². The van der Waals surface area contributed by atoms with E-state index in [4.69, 9.17) is 0 Å². The molecule has 1 aliphatic carbocycles. The van der Waals surface area contributed by atoms with Crippen LogP contribution in [-0.2, 0) is 13.1 Å². The second-order valence-corrected chi connectivity index (χ2v) is 7.44.